The van der Waals surface area contributed by atoms with E-state index >= 15 is 0 Å². The van der Waals surface area contributed by atoms with Crippen LogP contribution in [-0.4, -0.2) is 18.7 Å². The van der Waals surface area contributed by atoms with E-state index in [0.717, 1.165) is 5.56 Å². The molecule has 16 heavy (non-hydrogen) atoms. The van der Waals surface area contributed by atoms with Crippen LogP contribution >= 0.6 is 0 Å². The van der Waals surface area contributed by atoms with Crippen molar-refractivity contribution in [3.8, 4) is 0 Å². The number of rotatable bonds is 2. The molecule has 80 valence electrons. The van der Waals surface area contributed by atoms with E-state index in [4.69, 9.17) is 4.74 Å². The number of benzene rings is 1. The lowest BCUT2D eigenvalue weighted by Gasteiger charge is -2.12. The maximum Gasteiger partial charge on any atom is 0.228 e. The molecule has 3 nitrogen and oxygen atoms in total. The average Bonchev–Trinajstić information content (AvgIpc) is 2.33. The third-order valence-corrected chi connectivity index (χ3v) is 2.33. The summed E-state index contributed by atoms with van der Waals surface area (Å²) in [5.41, 5.74) is 1.11. The van der Waals surface area contributed by atoms with Crippen LogP contribution in [0.1, 0.15) is 5.56 Å². The van der Waals surface area contributed by atoms with Crippen molar-refractivity contribution in [3.63, 3.8) is 0 Å². The molecule has 3 heteroatoms. The highest BCUT2D eigenvalue weighted by atomic mass is 16.5. The topological polar surface area (TPSA) is 43.4 Å². The molecule has 0 atom stereocenters. The van der Waals surface area contributed by atoms with Gasteiger partial charge in [-0.1, -0.05) is 30.3 Å². The summed E-state index contributed by atoms with van der Waals surface area (Å²) in [6.45, 7) is 0. The first kappa shape index (κ1) is 10.4. The van der Waals surface area contributed by atoms with E-state index in [1.165, 1.54) is 19.3 Å². The molecular formula is C13H10O3. The second-order valence-electron chi connectivity index (χ2n) is 3.37. The van der Waals surface area contributed by atoms with Crippen molar-refractivity contribution >= 4 is 17.1 Å². The van der Waals surface area contributed by atoms with E-state index in [0.29, 0.717) is 5.57 Å². The largest absolute Gasteiger partial charge is 0.492 e. The van der Waals surface area contributed by atoms with E-state index in [1.807, 2.05) is 18.2 Å². The van der Waals surface area contributed by atoms with Crippen LogP contribution in [0, 0.1) is 0 Å². The van der Waals surface area contributed by atoms with Crippen molar-refractivity contribution in [2.45, 2.75) is 0 Å². The molecule has 0 radical (unpaired) electrons. The summed E-state index contributed by atoms with van der Waals surface area (Å²) in [4.78, 5) is 23.3. The Kier molecular flexibility index (Phi) is 2.68. The Hall–Kier alpha value is -2.16. The summed E-state index contributed by atoms with van der Waals surface area (Å²) < 4.78 is 4.88. The number of hydrogen-bond acceptors (Lipinski definition) is 3. The molecule has 0 saturated heterocycles. The Morgan fingerprint density at radius 3 is 2.31 bits per heavy atom. The molecule has 0 aromatic heterocycles. The summed E-state index contributed by atoms with van der Waals surface area (Å²) >= 11 is 0. The van der Waals surface area contributed by atoms with E-state index < -0.39 is 0 Å². The van der Waals surface area contributed by atoms with Gasteiger partial charge in [0.15, 0.2) is 11.5 Å². The zero-order valence-electron chi connectivity index (χ0n) is 8.77. The number of ether oxygens (including phenoxy) is 1. The number of carbonyl (C=O) groups excluding carboxylic acids is 2. The lowest BCUT2D eigenvalue weighted by Crippen LogP contribution is -2.14. The van der Waals surface area contributed by atoms with Crippen molar-refractivity contribution in [2.75, 3.05) is 7.11 Å². The summed E-state index contributed by atoms with van der Waals surface area (Å²) in [5.74, 6) is -0.394. The van der Waals surface area contributed by atoms with Crippen molar-refractivity contribution in [3.05, 3.63) is 53.8 Å². The Morgan fingerprint density at radius 1 is 1.00 bits per heavy atom. The van der Waals surface area contributed by atoms with E-state index in [-0.39, 0.29) is 17.3 Å². The van der Waals surface area contributed by atoms with Crippen LogP contribution in [0.2, 0.25) is 0 Å². The minimum atomic E-state index is -0.256. The third-order valence-electron chi connectivity index (χ3n) is 2.33. The van der Waals surface area contributed by atoms with E-state index in [9.17, 15) is 9.59 Å². The van der Waals surface area contributed by atoms with Gasteiger partial charge in [-0.05, 0) is 11.6 Å². The predicted octanol–water partition coefficient (Wildman–Crippen LogP) is 1.75. The first-order valence-corrected chi connectivity index (χ1v) is 4.84. The van der Waals surface area contributed by atoms with Crippen molar-refractivity contribution < 1.29 is 14.3 Å². The summed E-state index contributed by atoms with van der Waals surface area (Å²) in [6.07, 6.45) is 2.54. The number of Topliss-reactive ketones (excluding diaryl/α,β-unsaturated/α-hetero) is 1. The average molecular weight is 214 g/mol. The van der Waals surface area contributed by atoms with Gasteiger partial charge in [0.25, 0.3) is 0 Å². The Morgan fingerprint density at radius 2 is 1.69 bits per heavy atom. The molecule has 0 fully saturated rings. The van der Waals surface area contributed by atoms with Crippen LogP contribution in [0.25, 0.3) is 5.57 Å². The van der Waals surface area contributed by atoms with Gasteiger partial charge < -0.3 is 4.74 Å². The van der Waals surface area contributed by atoms with Gasteiger partial charge in [-0.25, -0.2) is 0 Å². The molecule has 0 saturated carbocycles. The van der Waals surface area contributed by atoms with Gasteiger partial charge in [0.2, 0.25) is 5.78 Å². The monoisotopic (exact) mass is 214 g/mol. The normalized spacial score (nSPS) is 15.6. The Bertz CT molecular complexity index is 495. The quantitative estimate of drug-likeness (QED) is 0.704. The summed E-state index contributed by atoms with van der Waals surface area (Å²) in [7, 11) is 1.38. The highest BCUT2D eigenvalue weighted by Gasteiger charge is 2.23. The van der Waals surface area contributed by atoms with E-state index in [1.54, 1.807) is 12.1 Å². The molecule has 1 aliphatic carbocycles. The molecule has 1 aromatic carbocycles. The van der Waals surface area contributed by atoms with Gasteiger partial charge in [0.1, 0.15) is 0 Å². The Labute approximate surface area is 93.0 Å². The van der Waals surface area contributed by atoms with Gasteiger partial charge in [-0.3, -0.25) is 9.59 Å². The van der Waals surface area contributed by atoms with Crippen LogP contribution in [0.15, 0.2) is 48.2 Å². The summed E-state index contributed by atoms with van der Waals surface area (Å²) in [5, 5.41) is 0. The van der Waals surface area contributed by atoms with Gasteiger partial charge >= 0.3 is 0 Å². The van der Waals surface area contributed by atoms with Gasteiger partial charge in [0, 0.05) is 11.6 Å². The zero-order chi connectivity index (χ0) is 11.5. The number of hydrogen-bond donors (Lipinski definition) is 0. The van der Waals surface area contributed by atoms with Crippen LogP contribution in [0.5, 0.6) is 0 Å². The first-order valence-electron chi connectivity index (χ1n) is 4.84. The number of carbonyl (C=O) groups is 2. The minimum Gasteiger partial charge on any atom is -0.492 e. The van der Waals surface area contributed by atoms with Crippen molar-refractivity contribution in [1.82, 2.24) is 0 Å². The van der Waals surface area contributed by atoms with Gasteiger partial charge in [-0.15, -0.1) is 0 Å². The number of methoxy groups -OCH3 is 1. The fourth-order valence-electron chi connectivity index (χ4n) is 1.56. The van der Waals surface area contributed by atoms with Crippen LogP contribution < -0.4 is 0 Å². The second kappa shape index (κ2) is 4.14. The molecule has 0 N–H and O–H groups in total. The molecule has 0 amide bonds. The third kappa shape index (κ3) is 1.80. The molecule has 0 bridgehead atoms. The summed E-state index contributed by atoms with van der Waals surface area (Å²) in [6, 6.07) is 9.06. The molecule has 2 rings (SSSR count). The zero-order valence-corrected chi connectivity index (χ0v) is 8.77. The molecule has 0 aliphatic heterocycles. The van der Waals surface area contributed by atoms with Crippen LogP contribution in [0.3, 0.4) is 0 Å². The highest BCUT2D eigenvalue weighted by Crippen LogP contribution is 2.22. The first-order chi connectivity index (χ1) is 7.72. The molecule has 1 aliphatic rings. The van der Waals surface area contributed by atoms with Crippen LogP contribution in [0.4, 0.5) is 0 Å². The van der Waals surface area contributed by atoms with Gasteiger partial charge in [0.05, 0.1) is 7.11 Å². The second-order valence-corrected chi connectivity index (χ2v) is 3.37. The van der Waals surface area contributed by atoms with Gasteiger partial charge in [-0.2, -0.15) is 0 Å². The SMILES string of the molecule is COC1=CC(=O)C=C(c2ccccc2)C1=O. The van der Waals surface area contributed by atoms with Crippen LogP contribution in [-0.2, 0) is 14.3 Å². The van der Waals surface area contributed by atoms with Crippen molar-refractivity contribution in [2.24, 2.45) is 0 Å². The fourth-order valence-corrected chi connectivity index (χ4v) is 1.56. The van der Waals surface area contributed by atoms with Crippen molar-refractivity contribution in [1.29, 1.82) is 0 Å². The molecule has 0 heterocycles. The highest BCUT2D eigenvalue weighted by molar-refractivity contribution is 6.35. The number of allylic oxidation sites excluding steroid dienone is 3. The molecule has 1 aromatic rings. The lowest BCUT2D eigenvalue weighted by atomic mass is 9.95. The number of ketones is 2. The lowest BCUT2D eigenvalue weighted by molar-refractivity contribution is -0.116. The van der Waals surface area contributed by atoms with E-state index in [2.05, 4.69) is 0 Å². The minimum absolute atomic E-state index is 0.0892. The maximum atomic E-state index is 11.9. The molecule has 0 spiro atoms. The molecule has 0 unspecified atom stereocenters. The standard InChI is InChI=1S/C13H10O3/c1-16-12-8-10(14)7-11(13(12)15)9-5-3-2-4-6-9/h2-8H,1H3. The Balaban J connectivity index is 2.44. The molecular weight excluding hydrogens is 204 g/mol. The smallest absolute Gasteiger partial charge is 0.228 e. The predicted molar refractivity (Wildman–Crippen MR) is 59.5 cm³/mol. The fraction of sp³-hybridized carbons (Fsp3) is 0.0769. The maximum absolute atomic E-state index is 11.9.